The fourth-order valence-electron chi connectivity index (χ4n) is 2.59. The van der Waals surface area contributed by atoms with E-state index in [-0.39, 0.29) is 19.7 Å². The van der Waals surface area contributed by atoms with E-state index in [0.29, 0.717) is 0 Å². The summed E-state index contributed by atoms with van der Waals surface area (Å²) in [5.41, 5.74) is 0.722. The second-order valence-electron chi connectivity index (χ2n) is 5.18. The Labute approximate surface area is 117 Å². The van der Waals surface area contributed by atoms with Crippen molar-refractivity contribution in [3.63, 3.8) is 0 Å². The molecule has 1 aromatic rings. The second kappa shape index (κ2) is 6.62. The Kier molecular flexibility index (Phi) is 5.09. The Morgan fingerprint density at radius 1 is 1.10 bits per heavy atom. The molecule has 1 aliphatic rings. The Bertz CT molecular complexity index is 415. The average Bonchev–Trinajstić information content (AvgIpc) is 2.46. The summed E-state index contributed by atoms with van der Waals surface area (Å²) in [5.74, 6) is 0. The predicted molar refractivity (Wildman–Crippen MR) is 71.9 cm³/mol. The number of hydrogen-bond donors (Lipinski definition) is 5. The zero-order chi connectivity index (χ0) is 14.7. The van der Waals surface area contributed by atoms with Crippen molar-refractivity contribution in [2.24, 2.45) is 0 Å². The first-order chi connectivity index (χ1) is 9.54. The summed E-state index contributed by atoms with van der Waals surface area (Å²) in [6.45, 7) is -0.101. The van der Waals surface area contributed by atoms with Gasteiger partial charge in [0.05, 0.1) is 24.9 Å². The number of β-amino-alcohol motifs (C(OH)–C–C–N with tert-alkyl or cyclic N) is 2. The lowest BCUT2D eigenvalue weighted by atomic mass is 9.93. The fraction of sp³-hybridized carbons (Fsp3) is 0.571. The molecule has 6 nitrogen and oxygen atoms in total. The van der Waals surface area contributed by atoms with Gasteiger partial charge in [0.15, 0.2) is 0 Å². The van der Waals surface area contributed by atoms with Crippen LogP contribution in [0.2, 0.25) is 0 Å². The van der Waals surface area contributed by atoms with Gasteiger partial charge in [-0.05, 0) is 5.56 Å². The zero-order valence-corrected chi connectivity index (χ0v) is 11.1. The third kappa shape index (κ3) is 3.17. The molecule has 1 aliphatic heterocycles. The van der Waals surface area contributed by atoms with E-state index in [1.54, 1.807) is 17.0 Å². The van der Waals surface area contributed by atoms with Crippen LogP contribution >= 0.6 is 0 Å². The largest absolute Gasteiger partial charge is 0.395 e. The van der Waals surface area contributed by atoms with E-state index < -0.39 is 30.5 Å². The van der Waals surface area contributed by atoms with Gasteiger partial charge in [0.25, 0.3) is 0 Å². The first kappa shape index (κ1) is 15.4. The van der Waals surface area contributed by atoms with Crippen LogP contribution in [0.15, 0.2) is 30.3 Å². The van der Waals surface area contributed by atoms with Crippen molar-refractivity contribution in [3.05, 3.63) is 35.9 Å². The number of piperidine rings is 1. The minimum atomic E-state index is -1.28. The van der Waals surface area contributed by atoms with Crippen LogP contribution in [0.4, 0.5) is 0 Å². The number of hydrogen-bond acceptors (Lipinski definition) is 6. The zero-order valence-electron chi connectivity index (χ0n) is 11.1. The van der Waals surface area contributed by atoms with Crippen LogP contribution in [0.3, 0.4) is 0 Å². The van der Waals surface area contributed by atoms with Crippen molar-refractivity contribution in [1.82, 2.24) is 4.90 Å². The summed E-state index contributed by atoms with van der Waals surface area (Å²) >= 11 is 0. The molecule has 0 bridgehead atoms. The summed E-state index contributed by atoms with van der Waals surface area (Å²) in [6, 6.07) is 8.33. The van der Waals surface area contributed by atoms with Crippen LogP contribution in [0.1, 0.15) is 11.7 Å². The van der Waals surface area contributed by atoms with Crippen LogP contribution in [0.25, 0.3) is 0 Å². The Hall–Kier alpha value is -1.02. The molecular formula is C14H21NO5. The van der Waals surface area contributed by atoms with Crippen LogP contribution < -0.4 is 0 Å². The van der Waals surface area contributed by atoms with Gasteiger partial charge in [-0.15, -0.1) is 0 Å². The van der Waals surface area contributed by atoms with Gasteiger partial charge >= 0.3 is 0 Å². The SMILES string of the molecule is OC[C@@H]1[C@@H](O)[C@H](O)[C@@H](O)CN1CC(O)c1ccccc1. The topological polar surface area (TPSA) is 104 Å². The highest BCUT2D eigenvalue weighted by atomic mass is 16.4. The quantitative estimate of drug-likeness (QED) is 0.460. The molecule has 1 aromatic carbocycles. The van der Waals surface area contributed by atoms with Crippen LogP contribution in [0.5, 0.6) is 0 Å². The van der Waals surface area contributed by atoms with E-state index in [0.717, 1.165) is 5.56 Å². The molecular weight excluding hydrogens is 262 g/mol. The van der Waals surface area contributed by atoms with Crippen molar-refractivity contribution in [3.8, 4) is 0 Å². The van der Waals surface area contributed by atoms with E-state index in [1.165, 1.54) is 0 Å². The molecule has 1 fully saturated rings. The monoisotopic (exact) mass is 283 g/mol. The Balaban J connectivity index is 2.07. The number of aliphatic hydroxyl groups is 5. The Morgan fingerprint density at radius 2 is 1.75 bits per heavy atom. The van der Waals surface area contributed by atoms with Gasteiger partial charge in [-0.3, -0.25) is 4.90 Å². The van der Waals surface area contributed by atoms with E-state index in [9.17, 15) is 25.5 Å². The highest BCUT2D eigenvalue weighted by molar-refractivity contribution is 5.17. The summed E-state index contributed by atoms with van der Waals surface area (Å²) in [6.07, 6.45) is -4.42. The molecule has 0 saturated carbocycles. The van der Waals surface area contributed by atoms with Gasteiger partial charge in [0, 0.05) is 13.1 Å². The summed E-state index contributed by atoms with van der Waals surface area (Å²) in [5, 5.41) is 48.7. The fourth-order valence-corrected chi connectivity index (χ4v) is 2.59. The number of benzene rings is 1. The summed E-state index contributed by atoms with van der Waals surface area (Å²) in [4.78, 5) is 1.60. The maximum Gasteiger partial charge on any atom is 0.109 e. The first-order valence-electron chi connectivity index (χ1n) is 6.66. The lowest BCUT2D eigenvalue weighted by molar-refractivity contribution is -0.150. The van der Waals surface area contributed by atoms with Crippen molar-refractivity contribution in [2.45, 2.75) is 30.5 Å². The molecule has 5 atom stereocenters. The molecule has 1 unspecified atom stereocenters. The smallest absolute Gasteiger partial charge is 0.109 e. The molecule has 0 spiro atoms. The maximum atomic E-state index is 10.2. The van der Waals surface area contributed by atoms with Crippen LogP contribution in [-0.2, 0) is 0 Å². The lowest BCUT2D eigenvalue weighted by Gasteiger charge is -2.43. The second-order valence-corrected chi connectivity index (χ2v) is 5.18. The molecule has 0 radical (unpaired) electrons. The third-order valence-corrected chi connectivity index (χ3v) is 3.81. The Morgan fingerprint density at radius 3 is 2.35 bits per heavy atom. The molecule has 1 saturated heterocycles. The molecule has 5 N–H and O–H groups in total. The molecule has 1 heterocycles. The standard InChI is InChI=1S/C14H21NO5/c16-8-10-13(19)14(20)12(18)7-15(10)6-11(17)9-4-2-1-3-5-9/h1-5,10-14,16-20H,6-8H2/t10-,11?,12+,13-,14-/m1/s1. The van der Waals surface area contributed by atoms with Gasteiger partial charge in [-0.25, -0.2) is 0 Å². The highest BCUT2D eigenvalue weighted by Crippen LogP contribution is 2.22. The number of aliphatic hydroxyl groups excluding tert-OH is 5. The van der Waals surface area contributed by atoms with Gasteiger partial charge in [0.1, 0.15) is 12.2 Å². The van der Waals surface area contributed by atoms with E-state index in [2.05, 4.69) is 0 Å². The molecule has 0 aliphatic carbocycles. The molecule has 2 rings (SSSR count). The van der Waals surface area contributed by atoms with E-state index in [1.807, 2.05) is 18.2 Å². The van der Waals surface area contributed by atoms with Gasteiger partial charge in [-0.1, -0.05) is 30.3 Å². The highest BCUT2D eigenvalue weighted by Gasteiger charge is 2.41. The van der Waals surface area contributed by atoms with Gasteiger partial charge < -0.3 is 25.5 Å². The van der Waals surface area contributed by atoms with Crippen molar-refractivity contribution >= 4 is 0 Å². The minimum absolute atomic E-state index is 0.0906. The maximum absolute atomic E-state index is 10.2. The lowest BCUT2D eigenvalue weighted by Crippen LogP contribution is -2.63. The molecule has 0 aromatic heterocycles. The summed E-state index contributed by atoms with van der Waals surface area (Å²) in [7, 11) is 0. The minimum Gasteiger partial charge on any atom is -0.395 e. The van der Waals surface area contributed by atoms with Crippen LogP contribution in [-0.4, -0.2) is 74.5 Å². The van der Waals surface area contributed by atoms with Crippen molar-refractivity contribution < 1.29 is 25.5 Å². The number of nitrogens with zero attached hydrogens (tertiary/aromatic N) is 1. The third-order valence-electron chi connectivity index (χ3n) is 3.81. The molecule has 6 heteroatoms. The van der Waals surface area contributed by atoms with Crippen molar-refractivity contribution in [1.29, 1.82) is 0 Å². The number of rotatable bonds is 4. The predicted octanol–water partition coefficient (Wildman–Crippen LogP) is -1.52. The summed E-state index contributed by atoms with van der Waals surface area (Å²) < 4.78 is 0. The van der Waals surface area contributed by atoms with Gasteiger partial charge in [0.2, 0.25) is 0 Å². The average molecular weight is 283 g/mol. The number of likely N-dealkylation sites (tertiary alicyclic amines) is 1. The van der Waals surface area contributed by atoms with E-state index >= 15 is 0 Å². The molecule has 0 amide bonds. The van der Waals surface area contributed by atoms with E-state index in [4.69, 9.17) is 0 Å². The van der Waals surface area contributed by atoms with Crippen LogP contribution in [0, 0.1) is 0 Å². The van der Waals surface area contributed by atoms with Gasteiger partial charge in [-0.2, -0.15) is 0 Å². The first-order valence-corrected chi connectivity index (χ1v) is 6.66. The molecule has 112 valence electrons. The molecule has 20 heavy (non-hydrogen) atoms. The normalized spacial score (nSPS) is 33.0. The van der Waals surface area contributed by atoms with Crippen molar-refractivity contribution in [2.75, 3.05) is 19.7 Å².